The van der Waals surface area contributed by atoms with Crippen LogP contribution in [0.15, 0.2) is 71.3 Å². The lowest BCUT2D eigenvalue weighted by Crippen LogP contribution is -2.46. The molecule has 0 nitrogen and oxygen atoms in total. The van der Waals surface area contributed by atoms with Gasteiger partial charge >= 0.3 is 0 Å². The summed E-state index contributed by atoms with van der Waals surface area (Å²) < 4.78 is 0. The Balaban J connectivity index is 1.96. The molecule has 0 aliphatic heterocycles. The summed E-state index contributed by atoms with van der Waals surface area (Å²) >= 11 is 0. The van der Waals surface area contributed by atoms with Crippen LogP contribution in [-0.2, 0) is 0 Å². The van der Waals surface area contributed by atoms with Crippen molar-refractivity contribution in [2.75, 3.05) is 0 Å². The summed E-state index contributed by atoms with van der Waals surface area (Å²) in [5, 5.41) is 0.205. The Morgan fingerprint density at radius 2 is 1.28 bits per heavy atom. The average Bonchev–Trinajstić information content (AvgIpc) is 3.04. The number of allylic oxidation sites excluding steroid dienone is 4. The van der Waals surface area contributed by atoms with Gasteiger partial charge in [-0.3, -0.25) is 0 Å². The third-order valence-electron chi connectivity index (χ3n) is 7.33. The van der Waals surface area contributed by atoms with Crippen LogP contribution >= 0.6 is 0 Å². The van der Waals surface area contributed by atoms with E-state index < -0.39 is 8.07 Å². The minimum atomic E-state index is -1.74. The minimum absolute atomic E-state index is 0.205. The number of hydrogen-bond donors (Lipinski definition) is 0. The molecule has 2 aliphatic carbocycles. The van der Waals surface area contributed by atoms with E-state index in [1.807, 2.05) is 0 Å². The van der Waals surface area contributed by atoms with Gasteiger partial charge in [0, 0.05) is 10.6 Å². The molecule has 0 aromatic heterocycles. The summed E-state index contributed by atoms with van der Waals surface area (Å²) in [6, 6.07) is 18.2. The molecule has 0 fully saturated rings. The predicted octanol–water partition coefficient (Wildman–Crippen LogP) is 7.10. The van der Waals surface area contributed by atoms with Gasteiger partial charge in [-0.05, 0) is 48.6 Å². The topological polar surface area (TPSA) is 0 Å². The zero-order valence-corrected chi connectivity index (χ0v) is 17.3. The Morgan fingerprint density at radius 1 is 0.800 bits per heavy atom. The van der Waals surface area contributed by atoms with Crippen molar-refractivity contribution in [3.05, 3.63) is 82.5 Å². The van der Waals surface area contributed by atoms with Crippen molar-refractivity contribution in [3.8, 4) is 11.1 Å². The van der Waals surface area contributed by atoms with Crippen LogP contribution in [0.3, 0.4) is 0 Å². The SMILES string of the molecule is CC1=CC(C)([Si](C)(C)C2c3ccccc3-c3ccccc32)C(C)=C1C. The molecule has 2 aliphatic rings. The Hall–Kier alpha value is -1.86. The van der Waals surface area contributed by atoms with Gasteiger partial charge in [0.1, 0.15) is 0 Å². The van der Waals surface area contributed by atoms with E-state index in [0.29, 0.717) is 5.54 Å². The Morgan fingerprint density at radius 3 is 1.72 bits per heavy atom. The molecule has 0 saturated heterocycles. The number of fused-ring (bicyclic) bond motifs is 3. The smallest absolute Gasteiger partial charge is 0.0741 e. The van der Waals surface area contributed by atoms with Gasteiger partial charge in [-0.25, -0.2) is 0 Å². The molecule has 1 atom stereocenters. The van der Waals surface area contributed by atoms with Crippen LogP contribution in [0.4, 0.5) is 0 Å². The van der Waals surface area contributed by atoms with Gasteiger partial charge in [0.25, 0.3) is 0 Å². The van der Waals surface area contributed by atoms with Crippen LogP contribution in [0.2, 0.25) is 18.1 Å². The maximum absolute atomic E-state index is 2.60. The van der Waals surface area contributed by atoms with E-state index in [4.69, 9.17) is 0 Å². The van der Waals surface area contributed by atoms with Crippen molar-refractivity contribution in [1.29, 1.82) is 0 Å². The van der Waals surface area contributed by atoms with E-state index in [9.17, 15) is 0 Å². The normalized spacial score (nSPS) is 22.9. The molecule has 2 aromatic carbocycles. The van der Waals surface area contributed by atoms with Crippen LogP contribution in [0.25, 0.3) is 11.1 Å². The highest BCUT2D eigenvalue weighted by atomic mass is 28.3. The molecule has 128 valence electrons. The maximum atomic E-state index is 2.60. The van der Waals surface area contributed by atoms with Crippen molar-refractivity contribution in [1.82, 2.24) is 0 Å². The third kappa shape index (κ3) is 2.05. The second-order valence-corrected chi connectivity index (χ2v) is 13.7. The summed E-state index contributed by atoms with van der Waals surface area (Å²) in [5.41, 5.74) is 11.1. The maximum Gasteiger partial charge on any atom is 0.0753 e. The molecule has 4 rings (SSSR count). The molecule has 0 bridgehead atoms. The van der Waals surface area contributed by atoms with Gasteiger partial charge in [-0.15, -0.1) is 0 Å². The molecule has 25 heavy (non-hydrogen) atoms. The minimum Gasteiger partial charge on any atom is -0.0741 e. The molecule has 0 amide bonds. The van der Waals surface area contributed by atoms with Crippen molar-refractivity contribution in [2.45, 2.75) is 51.4 Å². The van der Waals surface area contributed by atoms with Crippen molar-refractivity contribution in [2.24, 2.45) is 0 Å². The van der Waals surface area contributed by atoms with Crippen LogP contribution < -0.4 is 0 Å². The zero-order valence-electron chi connectivity index (χ0n) is 16.3. The van der Waals surface area contributed by atoms with Crippen molar-refractivity contribution >= 4 is 8.07 Å². The monoisotopic (exact) mass is 344 g/mol. The molecule has 1 heteroatoms. The van der Waals surface area contributed by atoms with E-state index in [1.165, 1.54) is 22.3 Å². The highest BCUT2D eigenvalue weighted by molar-refractivity contribution is 6.83. The molecule has 2 aromatic rings. The van der Waals surface area contributed by atoms with Crippen LogP contribution in [0.5, 0.6) is 0 Å². The molecule has 0 saturated carbocycles. The first-order chi connectivity index (χ1) is 11.8. The third-order valence-corrected chi connectivity index (χ3v) is 12.6. The first kappa shape index (κ1) is 16.6. The second-order valence-electron chi connectivity index (χ2n) is 8.61. The lowest BCUT2D eigenvalue weighted by Gasteiger charge is -2.45. The molecule has 0 N–H and O–H groups in total. The van der Waals surface area contributed by atoms with Gasteiger partial charge in [0.15, 0.2) is 0 Å². The zero-order chi connectivity index (χ0) is 18.0. The fourth-order valence-corrected chi connectivity index (χ4v) is 9.64. The van der Waals surface area contributed by atoms with E-state index in [-0.39, 0.29) is 5.04 Å². The number of benzene rings is 2. The number of rotatable bonds is 2. The highest BCUT2D eigenvalue weighted by Gasteiger charge is 2.53. The molecule has 0 radical (unpaired) electrons. The van der Waals surface area contributed by atoms with Crippen molar-refractivity contribution < 1.29 is 0 Å². The Bertz CT molecular complexity index is 883. The molecule has 0 heterocycles. The largest absolute Gasteiger partial charge is 0.0753 e. The fourth-order valence-electron chi connectivity index (χ4n) is 5.24. The fraction of sp³-hybridized carbons (Fsp3) is 0.333. The van der Waals surface area contributed by atoms with Crippen LogP contribution in [0.1, 0.15) is 44.4 Å². The van der Waals surface area contributed by atoms with Gasteiger partial charge in [0.2, 0.25) is 0 Å². The number of hydrogen-bond acceptors (Lipinski definition) is 0. The molecule has 1 unspecified atom stereocenters. The predicted molar refractivity (Wildman–Crippen MR) is 112 cm³/mol. The summed E-state index contributed by atoms with van der Waals surface area (Å²) in [6.07, 6.45) is 2.58. The Labute approximate surface area is 153 Å². The van der Waals surface area contributed by atoms with Crippen LogP contribution in [0, 0.1) is 0 Å². The van der Waals surface area contributed by atoms with Crippen molar-refractivity contribution in [3.63, 3.8) is 0 Å². The highest BCUT2D eigenvalue weighted by Crippen LogP contribution is 2.61. The van der Waals surface area contributed by atoms with E-state index in [2.05, 4.69) is 95.4 Å². The quantitative estimate of drug-likeness (QED) is 0.509. The van der Waals surface area contributed by atoms with E-state index >= 15 is 0 Å². The van der Waals surface area contributed by atoms with Gasteiger partial charge in [0.05, 0.1) is 8.07 Å². The first-order valence-corrected chi connectivity index (χ1v) is 12.4. The lowest BCUT2D eigenvalue weighted by molar-refractivity contribution is 0.819. The molecular weight excluding hydrogens is 316 g/mol. The average molecular weight is 345 g/mol. The second kappa shape index (κ2) is 5.31. The summed E-state index contributed by atoms with van der Waals surface area (Å²) in [4.78, 5) is 0. The van der Waals surface area contributed by atoms with E-state index in [1.54, 1.807) is 16.7 Å². The van der Waals surface area contributed by atoms with Gasteiger partial charge in [-0.2, -0.15) is 0 Å². The van der Waals surface area contributed by atoms with E-state index in [0.717, 1.165) is 0 Å². The summed E-state index contributed by atoms with van der Waals surface area (Å²) in [7, 11) is -1.74. The van der Waals surface area contributed by atoms with Gasteiger partial charge < -0.3 is 0 Å². The molecular formula is C24H28Si. The summed E-state index contributed by atoms with van der Waals surface area (Å²) in [5.74, 6) is 0. The van der Waals surface area contributed by atoms with Gasteiger partial charge in [-0.1, -0.05) is 85.8 Å². The molecule has 0 spiro atoms. The summed E-state index contributed by atoms with van der Waals surface area (Å²) in [6.45, 7) is 14.6. The Kier molecular flexibility index (Phi) is 3.53. The van der Waals surface area contributed by atoms with Crippen LogP contribution in [-0.4, -0.2) is 8.07 Å². The standard InChI is InChI=1S/C24H28Si/c1-16-15-24(4,18(3)17(16)2)25(5,6)23-21-13-9-7-11-19(21)20-12-8-10-14-22(20)23/h7-15,23H,1-6H3. The lowest BCUT2D eigenvalue weighted by atomic mass is 10.0. The first-order valence-electron chi connectivity index (χ1n) is 9.35.